The van der Waals surface area contributed by atoms with E-state index in [-0.39, 0.29) is 6.42 Å². The predicted octanol–water partition coefficient (Wildman–Crippen LogP) is 4.18. The summed E-state index contributed by atoms with van der Waals surface area (Å²) in [6.07, 6.45) is -5.65. The molecule has 0 nitrogen and oxygen atoms in total. The predicted molar refractivity (Wildman–Crippen MR) is 40.0 cm³/mol. The highest BCUT2D eigenvalue weighted by Gasteiger charge is 2.71. The third kappa shape index (κ3) is 3.10. The summed E-state index contributed by atoms with van der Waals surface area (Å²) in [6, 6.07) is 0. The Morgan fingerprint density at radius 1 is 0.933 bits per heavy atom. The molecule has 15 heavy (non-hydrogen) atoms. The van der Waals surface area contributed by atoms with Crippen molar-refractivity contribution < 1.29 is 30.7 Å². The molecule has 0 rings (SSSR count). The molecule has 0 bridgehead atoms. The van der Waals surface area contributed by atoms with Crippen LogP contribution in [0.15, 0.2) is 12.2 Å². The standard InChI is InChI=1S/C8H9F7/c1-2-3-4-5-6(9,10)7(11,12)8(13,14)15/h4-5H,2-3H2,1H3. The Hall–Kier alpha value is -0.750. The lowest BCUT2D eigenvalue weighted by Gasteiger charge is -2.25. The van der Waals surface area contributed by atoms with Crippen LogP contribution in [0.2, 0.25) is 0 Å². The van der Waals surface area contributed by atoms with Gasteiger partial charge in [-0.1, -0.05) is 19.4 Å². The van der Waals surface area contributed by atoms with E-state index >= 15 is 0 Å². The summed E-state index contributed by atoms with van der Waals surface area (Å²) in [6.45, 7) is 1.57. The molecule has 0 aromatic heterocycles. The Morgan fingerprint density at radius 3 is 1.73 bits per heavy atom. The van der Waals surface area contributed by atoms with Crippen LogP contribution in [0.25, 0.3) is 0 Å². The van der Waals surface area contributed by atoms with Crippen molar-refractivity contribution >= 4 is 0 Å². The monoisotopic (exact) mass is 238 g/mol. The molecular weight excluding hydrogens is 229 g/mol. The zero-order chi connectivity index (χ0) is 12.3. The zero-order valence-corrected chi connectivity index (χ0v) is 7.71. The fraction of sp³-hybridized carbons (Fsp3) is 0.750. The minimum absolute atomic E-state index is 0.0174. The maximum Gasteiger partial charge on any atom is 0.460 e. The van der Waals surface area contributed by atoms with Crippen molar-refractivity contribution in [2.75, 3.05) is 0 Å². The number of hydrogen-bond acceptors (Lipinski definition) is 0. The van der Waals surface area contributed by atoms with Crippen molar-refractivity contribution in [1.29, 1.82) is 0 Å². The van der Waals surface area contributed by atoms with E-state index in [0.29, 0.717) is 12.5 Å². The van der Waals surface area contributed by atoms with Gasteiger partial charge in [0.05, 0.1) is 0 Å². The lowest BCUT2D eigenvalue weighted by atomic mass is 10.1. The molecule has 90 valence electrons. The molecule has 0 aromatic carbocycles. The van der Waals surface area contributed by atoms with Crippen molar-refractivity contribution in [1.82, 2.24) is 0 Å². The van der Waals surface area contributed by atoms with Gasteiger partial charge in [0.25, 0.3) is 0 Å². The molecule has 0 N–H and O–H groups in total. The molecule has 0 fully saturated rings. The molecule has 0 aliphatic rings. The zero-order valence-electron chi connectivity index (χ0n) is 7.71. The first-order chi connectivity index (χ1) is 6.56. The summed E-state index contributed by atoms with van der Waals surface area (Å²) in [5.41, 5.74) is 0. The van der Waals surface area contributed by atoms with Gasteiger partial charge in [0.2, 0.25) is 0 Å². The van der Waals surface area contributed by atoms with Gasteiger partial charge in [-0.3, -0.25) is 0 Å². The minimum Gasteiger partial charge on any atom is -0.195 e. The average Bonchev–Trinajstić information content (AvgIpc) is 2.02. The highest BCUT2D eigenvalue weighted by molar-refractivity contribution is 5.05. The number of unbranched alkanes of at least 4 members (excludes halogenated alkanes) is 1. The van der Waals surface area contributed by atoms with Gasteiger partial charge in [-0.2, -0.15) is 30.7 Å². The van der Waals surface area contributed by atoms with Crippen LogP contribution in [0, 0.1) is 0 Å². The third-order valence-corrected chi connectivity index (χ3v) is 1.56. The number of rotatable bonds is 4. The van der Waals surface area contributed by atoms with E-state index < -0.39 is 24.1 Å². The fourth-order valence-corrected chi connectivity index (χ4v) is 0.692. The SMILES string of the molecule is CCCC=CC(F)(F)C(F)(F)C(F)(F)F. The van der Waals surface area contributed by atoms with Crippen LogP contribution in [0.1, 0.15) is 19.8 Å². The van der Waals surface area contributed by atoms with Gasteiger partial charge in [-0.15, -0.1) is 0 Å². The highest BCUT2D eigenvalue weighted by Crippen LogP contribution is 2.47. The molecule has 0 radical (unpaired) electrons. The van der Waals surface area contributed by atoms with Crippen LogP contribution < -0.4 is 0 Å². The van der Waals surface area contributed by atoms with Crippen molar-refractivity contribution in [3.8, 4) is 0 Å². The van der Waals surface area contributed by atoms with Gasteiger partial charge in [0, 0.05) is 0 Å². The Morgan fingerprint density at radius 2 is 1.40 bits per heavy atom. The van der Waals surface area contributed by atoms with Crippen LogP contribution in [-0.4, -0.2) is 18.0 Å². The summed E-state index contributed by atoms with van der Waals surface area (Å²) >= 11 is 0. The molecule has 0 aromatic rings. The Balaban J connectivity index is 4.85. The lowest BCUT2D eigenvalue weighted by Crippen LogP contribution is -2.50. The van der Waals surface area contributed by atoms with Crippen LogP contribution >= 0.6 is 0 Å². The summed E-state index contributed by atoms with van der Waals surface area (Å²) in [4.78, 5) is 0. The smallest absolute Gasteiger partial charge is 0.195 e. The molecule has 0 saturated carbocycles. The number of hydrogen-bond donors (Lipinski definition) is 0. The summed E-state index contributed by atoms with van der Waals surface area (Å²) in [5.74, 6) is -11.2. The molecular formula is C8H9F7. The van der Waals surface area contributed by atoms with Gasteiger partial charge < -0.3 is 0 Å². The molecule has 0 atom stereocenters. The van der Waals surface area contributed by atoms with Crippen molar-refractivity contribution in [2.45, 2.75) is 37.8 Å². The molecule has 7 heteroatoms. The van der Waals surface area contributed by atoms with Crippen LogP contribution in [0.4, 0.5) is 30.7 Å². The van der Waals surface area contributed by atoms with E-state index in [0.717, 1.165) is 0 Å². The molecule has 0 heterocycles. The van der Waals surface area contributed by atoms with Gasteiger partial charge in [0.15, 0.2) is 0 Å². The average molecular weight is 238 g/mol. The minimum atomic E-state index is -6.26. The molecule has 0 saturated heterocycles. The summed E-state index contributed by atoms with van der Waals surface area (Å²) in [5, 5.41) is 0. The van der Waals surface area contributed by atoms with Crippen molar-refractivity contribution in [2.24, 2.45) is 0 Å². The van der Waals surface area contributed by atoms with Crippen molar-refractivity contribution in [3.05, 3.63) is 12.2 Å². The first-order valence-corrected chi connectivity index (χ1v) is 4.06. The number of alkyl halides is 7. The Kier molecular flexibility index (Phi) is 4.18. The second kappa shape index (κ2) is 4.40. The van der Waals surface area contributed by atoms with Crippen LogP contribution in [0.5, 0.6) is 0 Å². The maximum atomic E-state index is 12.5. The van der Waals surface area contributed by atoms with Gasteiger partial charge >= 0.3 is 18.0 Å². The normalized spacial score (nSPS) is 14.9. The van der Waals surface area contributed by atoms with Crippen LogP contribution in [0.3, 0.4) is 0 Å². The number of allylic oxidation sites excluding steroid dienone is 2. The van der Waals surface area contributed by atoms with Crippen LogP contribution in [-0.2, 0) is 0 Å². The largest absolute Gasteiger partial charge is 0.460 e. The topological polar surface area (TPSA) is 0 Å². The first kappa shape index (κ1) is 14.2. The van der Waals surface area contributed by atoms with Crippen molar-refractivity contribution in [3.63, 3.8) is 0 Å². The summed E-state index contributed by atoms with van der Waals surface area (Å²) < 4.78 is 84.1. The molecule has 0 unspecified atom stereocenters. The summed E-state index contributed by atoms with van der Waals surface area (Å²) in [7, 11) is 0. The van der Waals surface area contributed by atoms with Gasteiger partial charge in [-0.05, 0) is 12.5 Å². The Labute approximate surface area is 81.8 Å². The first-order valence-electron chi connectivity index (χ1n) is 4.06. The van der Waals surface area contributed by atoms with E-state index in [2.05, 4.69) is 0 Å². The molecule has 0 aliphatic carbocycles. The maximum absolute atomic E-state index is 12.5. The second-order valence-electron chi connectivity index (χ2n) is 2.89. The van der Waals surface area contributed by atoms with E-state index in [4.69, 9.17) is 0 Å². The fourth-order valence-electron chi connectivity index (χ4n) is 0.692. The van der Waals surface area contributed by atoms with E-state index in [1.807, 2.05) is 0 Å². The van der Waals surface area contributed by atoms with E-state index in [1.165, 1.54) is 0 Å². The number of halogens is 7. The highest BCUT2D eigenvalue weighted by atomic mass is 19.4. The molecule has 0 spiro atoms. The van der Waals surface area contributed by atoms with Gasteiger partial charge in [0.1, 0.15) is 0 Å². The Bertz CT molecular complexity index is 226. The molecule has 0 aliphatic heterocycles. The second-order valence-corrected chi connectivity index (χ2v) is 2.89. The third-order valence-electron chi connectivity index (χ3n) is 1.56. The molecule has 0 amide bonds. The van der Waals surface area contributed by atoms with Gasteiger partial charge in [-0.25, -0.2) is 0 Å². The lowest BCUT2D eigenvalue weighted by molar-refractivity contribution is -0.341. The quantitative estimate of drug-likeness (QED) is 0.509. The van der Waals surface area contributed by atoms with E-state index in [1.54, 1.807) is 6.92 Å². The van der Waals surface area contributed by atoms with E-state index in [9.17, 15) is 30.7 Å².